The average molecular weight is 228 g/mol. The van der Waals surface area contributed by atoms with Gasteiger partial charge in [-0.15, -0.1) is 0 Å². The van der Waals surface area contributed by atoms with Crippen LogP contribution in [0.1, 0.15) is 24.8 Å². The van der Waals surface area contributed by atoms with Crippen molar-refractivity contribution in [3.05, 3.63) is 39.9 Å². The summed E-state index contributed by atoms with van der Waals surface area (Å²) < 4.78 is 0. The Kier molecular flexibility index (Phi) is 1.99. The van der Waals surface area contributed by atoms with Gasteiger partial charge in [-0.3, -0.25) is 10.1 Å². The Bertz CT molecular complexity index is 522. The second-order valence-electron chi connectivity index (χ2n) is 4.90. The van der Waals surface area contributed by atoms with E-state index < -0.39 is 5.41 Å². The predicted molar refractivity (Wildman–Crippen MR) is 61.2 cm³/mol. The summed E-state index contributed by atoms with van der Waals surface area (Å²) in [5.74, 6) is 0.683. The van der Waals surface area contributed by atoms with Crippen LogP contribution < -0.4 is 0 Å². The fraction of sp³-hybridized carbons (Fsp3) is 0.462. The van der Waals surface area contributed by atoms with Crippen LogP contribution in [-0.4, -0.2) is 4.92 Å². The summed E-state index contributed by atoms with van der Waals surface area (Å²) in [6.07, 6.45) is 3.22. The van der Waals surface area contributed by atoms with Crippen molar-refractivity contribution in [2.24, 2.45) is 11.8 Å². The quantitative estimate of drug-likeness (QED) is 0.577. The van der Waals surface area contributed by atoms with E-state index in [1.165, 1.54) is 6.07 Å². The zero-order valence-corrected chi connectivity index (χ0v) is 9.30. The molecule has 4 heteroatoms. The molecule has 0 saturated heterocycles. The summed E-state index contributed by atoms with van der Waals surface area (Å²) in [5, 5.41) is 20.5. The van der Waals surface area contributed by atoms with Gasteiger partial charge in [0.15, 0.2) is 0 Å². The number of nitriles is 1. The van der Waals surface area contributed by atoms with Crippen LogP contribution in [0.2, 0.25) is 0 Å². The number of benzene rings is 1. The molecule has 86 valence electrons. The van der Waals surface area contributed by atoms with Gasteiger partial charge in [-0.1, -0.05) is 24.6 Å². The van der Waals surface area contributed by atoms with E-state index >= 15 is 0 Å². The minimum atomic E-state index is -0.568. The Hall–Kier alpha value is -1.89. The Morgan fingerprint density at radius 2 is 2.00 bits per heavy atom. The minimum Gasteiger partial charge on any atom is -0.258 e. The van der Waals surface area contributed by atoms with E-state index in [1.54, 1.807) is 18.2 Å². The maximum atomic E-state index is 11.0. The van der Waals surface area contributed by atoms with Gasteiger partial charge in [0.25, 0.3) is 5.69 Å². The summed E-state index contributed by atoms with van der Waals surface area (Å²) in [4.78, 5) is 10.7. The molecule has 2 aliphatic rings. The van der Waals surface area contributed by atoms with Gasteiger partial charge in [0, 0.05) is 6.07 Å². The number of para-hydroxylation sites is 1. The smallest absolute Gasteiger partial charge is 0.258 e. The Morgan fingerprint density at radius 3 is 2.59 bits per heavy atom. The Morgan fingerprint density at radius 1 is 1.35 bits per heavy atom. The lowest BCUT2D eigenvalue weighted by atomic mass is 9.88. The van der Waals surface area contributed by atoms with Gasteiger partial charge in [-0.25, -0.2) is 0 Å². The van der Waals surface area contributed by atoms with Crippen LogP contribution in [0.5, 0.6) is 0 Å². The molecule has 1 aromatic rings. The lowest BCUT2D eigenvalue weighted by molar-refractivity contribution is -0.385. The molecule has 0 radical (unpaired) electrons. The van der Waals surface area contributed by atoms with Crippen molar-refractivity contribution in [3.63, 3.8) is 0 Å². The summed E-state index contributed by atoms with van der Waals surface area (Å²) in [6.45, 7) is 0. The lowest BCUT2D eigenvalue weighted by Crippen LogP contribution is -2.13. The van der Waals surface area contributed by atoms with Gasteiger partial charge in [-0.2, -0.15) is 5.26 Å². The maximum absolute atomic E-state index is 11.0. The maximum Gasteiger partial charge on any atom is 0.274 e. The van der Waals surface area contributed by atoms with Gasteiger partial charge in [0.05, 0.1) is 22.0 Å². The van der Waals surface area contributed by atoms with Gasteiger partial charge >= 0.3 is 0 Å². The molecule has 17 heavy (non-hydrogen) atoms. The van der Waals surface area contributed by atoms with E-state index in [9.17, 15) is 15.4 Å². The summed E-state index contributed by atoms with van der Waals surface area (Å²) in [7, 11) is 0. The summed E-state index contributed by atoms with van der Waals surface area (Å²) in [5.41, 5.74) is 0.160. The zero-order chi connectivity index (χ0) is 12.0. The van der Waals surface area contributed by atoms with Gasteiger partial charge < -0.3 is 0 Å². The number of rotatable bonds is 2. The number of nitro benzene ring substituents is 1. The van der Waals surface area contributed by atoms with Crippen molar-refractivity contribution in [1.82, 2.24) is 0 Å². The molecule has 4 nitrogen and oxygen atoms in total. The highest BCUT2D eigenvalue weighted by Gasteiger charge is 2.69. The summed E-state index contributed by atoms with van der Waals surface area (Å²) >= 11 is 0. The molecule has 0 N–H and O–H groups in total. The largest absolute Gasteiger partial charge is 0.274 e. The molecule has 0 aromatic heterocycles. The Labute approximate surface area is 99.0 Å². The number of hydrogen-bond acceptors (Lipinski definition) is 3. The third-order valence-electron chi connectivity index (χ3n) is 4.31. The number of nitrogens with zero attached hydrogens (tertiary/aromatic N) is 2. The van der Waals surface area contributed by atoms with Gasteiger partial charge in [0.2, 0.25) is 0 Å². The van der Waals surface area contributed by atoms with Crippen molar-refractivity contribution in [2.75, 3.05) is 0 Å². The molecule has 0 spiro atoms. The third-order valence-corrected chi connectivity index (χ3v) is 4.31. The predicted octanol–water partition coefficient (Wildman–Crippen LogP) is 2.79. The molecule has 0 bridgehead atoms. The number of nitro groups is 1. The van der Waals surface area contributed by atoms with E-state index in [1.807, 2.05) is 0 Å². The normalized spacial score (nSPS) is 33.8. The lowest BCUT2D eigenvalue weighted by Gasteiger charge is -2.12. The zero-order valence-electron chi connectivity index (χ0n) is 9.30. The molecule has 2 aliphatic carbocycles. The fourth-order valence-corrected chi connectivity index (χ4v) is 3.56. The van der Waals surface area contributed by atoms with E-state index in [0.717, 1.165) is 19.3 Å². The highest BCUT2D eigenvalue weighted by atomic mass is 16.6. The molecular formula is C13H12N2O2. The van der Waals surface area contributed by atoms with Crippen LogP contribution in [0, 0.1) is 33.3 Å². The van der Waals surface area contributed by atoms with Crippen molar-refractivity contribution in [2.45, 2.75) is 24.7 Å². The van der Waals surface area contributed by atoms with Crippen molar-refractivity contribution in [1.29, 1.82) is 5.26 Å². The van der Waals surface area contributed by atoms with Crippen molar-refractivity contribution in [3.8, 4) is 6.07 Å². The third kappa shape index (κ3) is 1.17. The van der Waals surface area contributed by atoms with Crippen LogP contribution in [0.15, 0.2) is 24.3 Å². The minimum absolute atomic E-state index is 0.100. The van der Waals surface area contributed by atoms with Gasteiger partial charge in [0.1, 0.15) is 0 Å². The topological polar surface area (TPSA) is 66.9 Å². The molecule has 3 rings (SSSR count). The number of hydrogen-bond donors (Lipinski definition) is 0. The summed E-state index contributed by atoms with van der Waals surface area (Å²) in [6, 6.07) is 9.06. The van der Waals surface area contributed by atoms with Crippen LogP contribution >= 0.6 is 0 Å². The molecule has 2 saturated carbocycles. The Balaban J connectivity index is 2.11. The van der Waals surface area contributed by atoms with E-state index in [2.05, 4.69) is 6.07 Å². The molecule has 3 atom stereocenters. The molecule has 0 aliphatic heterocycles. The van der Waals surface area contributed by atoms with Crippen molar-refractivity contribution >= 4 is 5.69 Å². The molecule has 0 heterocycles. The first-order chi connectivity index (χ1) is 8.21. The SMILES string of the molecule is N#C[C@]1(c2ccccc2[N+](=O)[O-])C2CCC[C@@H]21. The van der Waals surface area contributed by atoms with Crippen LogP contribution in [0.25, 0.3) is 0 Å². The highest BCUT2D eigenvalue weighted by molar-refractivity contribution is 5.55. The second-order valence-corrected chi connectivity index (χ2v) is 4.90. The standard InChI is InChI=1S/C13H12N2O2/c14-8-13(9-5-3-6-10(9)13)11-4-1-2-7-12(11)15(16)17/h1-2,4,7,9-10H,3,5-6H2/t9-,10?,13+/m0/s1. The van der Waals surface area contributed by atoms with E-state index in [0.29, 0.717) is 17.4 Å². The van der Waals surface area contributed by atoms with Crippen LogP contribution in [0.3, 0.4) is 0 Å². The molecular weight excluding hydrogens is 216 g/mol. The fourth-order valence-electron chi connectivity index (χ4n) is 3.56. The molecule has 1 aromatic carbocycles. The molecule has 1 unspecified atom stereocenters. The first-order valence-electron chi connectivity index (χ1n) is 5.87. The monoisotopic (exact) mass is 228 g/mol. The molecule has 0 amide bonds. The van der Waals surface area contributed by atoms with E-state index in [4.69, 9.17) is 0 Å². The first-order valence-corrected chi connectivity index (χ1v) is 5.87. The highest BCUT2D eigenvalue weighted by Crippen LogP contribution is 2.68. The van der Waals surface area contributed by atoms with Crippen LogP contribution in [0.4, 0.5) is 5.69 Å². The second kappa shape index (κ2) is 3.30. The molecule has 2 fully saturated rings. The first kappa shape index (κ1) is 10.3. The average Bonchev–Trinajstić information content (AvgIpc) is 2.71. The van der Waals surface area contributed by atoms with Crippen molar-refractivity contribution < 1.29 is 4.92 Å². The van der Waals surface area contributed by atoms with Crippen LogP contribution in [-0.2, 0) is 5.41 Å². The van der Waals surface area contributed by atoms with E-state index in [-0.39, 0.29) is 10.6 Å². The number of fused-ring (bicyclic) bond motifs is 1. The van der Waals surface area contributed by atoms with Gasteiger partial charge in [-0.05, 0) is 24.7 Å².